The highest BCUT2D eigenvalue weighted by atomic mass is 35.5. The van der Waals surface area contributed by atoms with Crippen LogP contribution in [0.2, 0.25) is 5.02 Å². The summed E-state index contributed by atoms with van der Waals surface area (Å²) >= 11 is 5.97. The number of aromatic nitrogens is 3. The monoisotopic (exact) mass is 276 g/mol. The molecule has 3 rings (SSSR count). The van der Waals surface area contributed by atoms with E-state index in [4.69, 9.17) is 17.3 Å². The lowest BCUT2D eigenvalue weighted by atomic mass is 9.76. The van der Waals surface area contributed by atoms with Crippen LogP contribution in [0.4, 0.5) is 5.82 Å². The molecule has 2 aromatic heterocycles. The van der Waals surface area contributed by atoms with Gasteiger partial charge in [0.2, 0.25) is 0 Å². The first-order chi connectivity index (χ1) is 9.11. The smallest absolute Gasteiger partial charge is 0.122 e. The number of nitrogens with zero attached hydrogens (tertiary/aromatic N) is 3. The lowest BCUT2D eigenvalue weighted by Gasteiger charge is -2.32. The first-order valence-corrected chi connectivity index (χ1v) is 6.95. The Morgan fingerprint density at radius 2 is 2.16 bits per heavy atom. The predicted molar refractivity (Wildman–Crippen MR) is 76.8 cm³/mol. The highest BCUT2D eigenvalue weighted by Gasteiger charge is 2.26. The van der Waals surface area contributed by atoms with E-state index in [0.717, 1.165) is 23.9 Å². The second kappa shape index (κ2) is 4.85. The van der Waals surface area contributed by atoms with Gasteiger partial charge in [0.1, 0.15) is 11.5 Å². The largest absolute Gasteiger partial charge is 0.384 e. The molecule has 0 atom stereocenters. The molecule has 0 aliphatic heterocycles. The van der Waals surface area contributed by atoms with Gasteiger partial charge < -0.3 is 5.73 Å². The minimum atomic E-state index is 0.658. The molecular weight excluding hydrogens is 260 g/mol. The number of nitrogen functional groups attached to an aromatic ring is 1. The molecule has 1 saturated carbocycles. The summed E-state index contributed by atoms with van der Waals surface area (Å²) in [5.74, 6) is 2.24. The van der Waals surface area contributed by atoms with Crippen LogP contribution in [0.15, 0.2) is 24.4 Å². The molecule has 2 N–H and O–H groups in total. The van der Waals surface area contributed by atoms with Crippen LogP contribution in [0.5, 0.6) is 0 Å². The van der Waals surface area contributed by atoms with Crippen LogP contribution >= 0.6 is 11.6 Å². The Labute approximate surface area is 117 Å². The summed E-state index contributed by atoms with van der Waals surface area (Å²) in [4.78, 5) is 4.27. The van der Waals surface area contributed by atoms with Gasteiger partial charge in [-0.3, -0.25) is 4.98 Å². The molecule has 0 bridgehead atoms. The van der Waals surface area contributed by atoms with Crippen LogP contribution in [0, 0.1) is 11.8 Å². The Morgan fingerprint density at radius 1 is 1.37 bits per heavy atom. The Kier molecular flexibility index (Phi) is 3.19. The van der Waals surface area contributed by atoms with Gasteiger partial charge in [0, 0.05) is 23.8 Å². The maximum Gasteiger partial charge on any atom is 0.122 e. The van der Waals surface area contributed by atoms with E-state index < -0.39 is 0 Å². The van der Waals surface area contributed by atoms with Gasteiger partial charge in [-0.2, -0.15) is 5.10 Å². The predicted octanol–water partition coefficient (Wildman–Crippen LogP) is 3.23. The average Bonchev–Trinajstić information content (AvgIpc) is 2.69. The van der Waals surface area contributed by atoms with E-state index in [1.54, 1.807) is 18.3 Å². The Balaban J connectivity index is 1.81. The van der Waals surface area contributed by atoms with Gasteiger partial charge in [0.25, 0.3) is 0 Å². The zero-order valence-electron chi connectivity index (χ0n) is 10.9. The lowest BCUT2D eigenvalue weighted by Crippen LogP contribution is -2.26. The van der Waals surface area contributed by atoms with Gasteiger partial charge in [-0.15, -0.1) is 0 Å². The van der Waals surface area contributed by atoms with Crippen molar-refractivity contribution in [2.24, 2.45) is 11.8 Å². The van der Waals surface area contributed by atoms with Gasteiger partial charge in [-0.1, -0.05) is 18.5 Å². The minimum absolute atomic E-state index is 0.658. The Morgan fingerprint density at radius 3 is 2.84 bits per heavy atom. The third-order valence-electron chi connectivity index (χ3n) is 3.70. The average molecular weight is 277 g/mol. The molecule has 1 aliphatic rings. The van der Waals surface area contributed by atoms with E-state index in [0.29, 0.717) is 16.8 Å². The van der Waals surface area contributed by atoms with Gasteiger partial charge in [0.15, 0.2) is 0 Å². The number of pyridine rings is 1. The van der Waals surface area contributed by atoms with Crippen molar-refractivity contribution in [3.8, 4) is 11.4 Å². The molecule has 1 fully saturated rings. The Hall–Kier alpha value is -1.55. The molecule has 0 saturated heterocycles. The normalized spacial score (nSPS) is 22.2. The van der Waals surface area contributed by atoms with Crippen LogP contribution in [0.1, 0.15) is 19.8 Å². The fourth-order valence-corrected chi connectivity index (χ4v) is 2.87. The maximum absolute atomic E-state index is 6.02. The van der Waals surface area contributed by atoms with Crippen LogP contribution in [0.25, 0.3) is 11.4 Å². The summed E-state index contributed by atoms with van der Waals surface area (Å²) in [6.07, 6.45) is 4.22. The summed E-state index contributed by atoms with van der Waals surface area (Å²) in [7, 11) is 0. The van der Waals surface area contributed by atoms with Crippen molar-refractivity contribution in [1.29, 1.82) is 0 Å². The fraction of sp³-hybridized carbons (Fsp3) is 0.429. The number of nitrogens with two attached hydrogens (primary N) is 1. The van der Waals surface area contributed by atoms with Crippen LogP contribution in [-0.2, 0) is 6.54 Å². The van der Waals surface area contributed by atoms with E-state index in [9.17, 15) is 0 Å². The van der Waals surface area contributed by atoms with Gasteiger partial charge in [-0.25, -0.2) is 4.68 Å². The first kappa shape index (κ1) is 12.5. The van der Waals surface area contributed by atoms with Crippen LogP contribution in [0.3, 0.4) is 0 Å². The molecule has 0 spiro atoms. The van der Waals surface area contributed by atoms with Crippen LogP contribution < -0.4 is 5.73 Å². The second-order valence-corrected chi connectivity index (χ2v) is 5.87. The molecule has 19 heavy (non-hydrogen) atoms. The standard InChI is InChI=1S/C14H17ClN4/c1-9-4-10(5-9)8-19-14(16)7-13(18-19)12-6-11(15)2-3-17-12/h2-3,6-7,9-10H,4-5,8,16H2,1H3. The number of halogens is 1. The SMILES string of the molecule is CC1CC(Cn2nc(-c3cc(Cl)ccn3)cc2N)C1. The zero-order valence-corrected chi connectivity index (χ0v) is 11.6. The summed E-state index contributed by atoms with van der Waals surface area (Å²) in [5.41, 5.74) is 7.57. The van der Waals surface area contributed by atoms with Crippen LogP contribution in [-0.4, -0.2) is 14.8 Å². The van der Waals surface area contributed by atoms with E-state index >= 15 is 0 Å². The molecule has 2 heterocycles. The first-order valence-electron chi connectivity index (χ1n) is 6.57. The molecule has 2 aromatic rings. The Bertz CT molecular complexity index is 587. The van der Waals surface area contributed by atoms with Crippen molar-refractivity contribution in [3.05, 3.63) is 29.4 Å². The molecule has 0 aromatic carbocycles. The highest BCUT2D eigenvalue weighted by molar-refractivity contribution is 6.30. The lowest BCUT2D eigenvalue weighted by molar-refractivity contribution is 0.183. The molecule has 0 amide bonds. The topological polar surface area (TPSA) is 56.7 Å². The quantitative estimate of drug-likeness (QED) is 0.936. The molecule has 0 radical (unpaired) electrons. The van der Waals surface area contributed by atoms with Crippen molar-refractivity contribution < 1.29 is 0 Å². The molecule has 1 aliphatic carbocycles. The van der Waals surface area contributed by atoms with E-state index in [1.807, 2.05) is 10.7 Å². The second-order valence-electron chi connectivity index (χ2n) is 5.44. The molecule has 0 unspecified atom stereocenters. The van der Waals surface area contributed by atoms with Crippen molar-refractivity contribution >= 4 is 17.4 Å². The number of anilines is 1. The summed E-state index contributed by atoms with van der Waals surface area (Å²) < 4.78 is 1.88. The summed E-state index contributed by atoms with van der Waals surface area (Å²) in [6.45, 7) is 3.18. The fourth-order valence-electron chi connectivity index (χ4n) is 2.71. The number of hydrogen-bond acceptors (Lipinski definition) is 3. The third-order valence-corrected chi connectivity index (χ3v) is 3.93. The number of rotatable bonds is 3. The molecule has 5 heteroatoms. The molecule has 4 nitrogen and oxygen atoms in total. The zero-order chi connectivity index (χ0) is 13.4. The molecular formula is C14H17ClN4. The van der Waals surface area contributed by atoms with Gasteiger partial charge >= 0.3 is 0 Å². The maximum atomic E-state index is 6.02. The molecule has 100 valence electrons. The van der Waals surface area contributed by atoms with E-state index in [1.165, 1.54) is 12.8 Å². The van der Waals surface area contributed by atoms with Crippen molar-refractivity contribution in [1.82, 2.24) is 14.8 Å². The van der Waals surface area contributed by atoms with E-state index in [-0.39, 0.29) is 0 Å². The van der Waals surface area contributed by atoms with Gasteiger partial charge in [-0.05, 0) is 36.8 Å². The van der Waals surface area contributed by atoms with Crippen molar-refractivity contribution in [2.75, 3.05) is 5.73 Å². The minimum Gasteiger partial charge on any atom is -0.384 e. The highest BCUT2D eigenvalue weighted by Crippen LogP contribution is 2.34. The third kappa shape index (κ3) is 2.59. The summed E-state index contributed by atoms with van der Waals surface area (Å²) in [6, 6.07) is 5.42. The van der Waals surface area contributed by atoms with Gasteiger partial charge in [0.05, 0.1) is 5.69 Å². The summed E-state index contributed by atoms with van der Waals surface area (Å²) in [5, 5.41) is 5.20. The van der Waals surface area contributed by atoms with Crippen molar-refractivity contribution in [2.45, 2.75) is 26.3 Å². The van der Waals surface area contributed by atoms with E-state index in [2.05, 4.69) is 17.0 Å². The van der Waals surface area contributed by atoms with Crippen molar-refractivity contribution in [3.63, 3.8) is 0 Å². The number of hydrogen-bond donors (Lipinski definition) is 1.